The van der Waals surface area contributed by atoms with Crippen LogP contribution in [-0.2, 0) is 4.74 Å². The average molecular weight is 263 g/mol. The summed E-state index contributed by atoms with van der Waals surface area (Å²) in [6, 6.07) is 3.97. The molecule has 0 amide bonds. The number of ether oxygens (including phenoxy) is 1. The summed E-state index contributed by atoms with van der Waals surface area (Å²) in [7, 11) is 1.80. The fourth-order valence-electron chi connectivity index (χ4n) is 2.71. The molecule has 4 heteroatoms. The first-order chi connectivity index (χ1) is 8.94. The SMILES string of the molecule is COC(C)(C)C1CCN(c2ccc(N)c(C)n2)CC1. The molecule has 1 aromatic rings. The maximum Gasteiger partial charge on any atom is 0.128 e. The van der Waals surface area contributed by atoms with E-state index >= 15 is 0 Å². The van der Waals surface area contributed by atoms with Gasteiger partial charge in [-0.2, -0.15) is 0 Å². The molecule has 2 N–H and O–H groups in total. The van der Waals surface area contributed by atoms with E-state index in [1.165, 1.54) is 0 Å². The molecule has 1 saturated heterocycles. The number of methoxy groups -OCH3 is 1. The van der Waals surface area contributed by atoms with E-state index in [0.29, 0.717) is 5.92 Å². The first-order valence-corrected chi connectivity index (χ1v) is 6.97. The highest BCUT2D eigenvalue weighted by molar-refractivity contribution is 5.50. The third-order valence-corrected chi connectivity index (χ3v) is 4.44. The molecule has 0 atom stereocenters. The molecule has 0 aliphatic carbocycles. The molecule has 2 rings (SSSR count). The van der Waals surface area contributed by atoms with Crippen molar-refractivity contribution in [3.63, 3.8) is 0 Å². The summed E-state index contributed by atoms with van der Waals surface area (Å²) >= 11 is 0. The third-order valence-electron chi connectivity index (χ3n) is 4.44. The van der Waals surface area contributed by atoms with Gasteiger partial charge in [0.1, 0.15) is 5.82 Å². The Morgan fingerprint density at radius 3 is 2.47 bits per heavy atom. The molecule has 1 aromatic heterocycles. The second-order valence-corrected chi connectivity index (χ2v) is 5.91. The molecule has 4 nitrogen and oxygen atoms in total. The lowest BCUT2D eigenvalue weighted by Gasteiger charge is -2.40. The number of piperidine rings is 1. The molecule has 0 saturated carbocycles. The quantitative estimate of drug-likeness (QED) is 0.910. The molecule has 0 radical (unpaired) electrons. The van der Waals surface area contributed by atoms with Crippen molar-refractivity contribution < 1.29 is 4.74 Å². The van der Waals surface area contributed by atoms with Gasteiger partial charge in [-0.25, -0.2) is 4.98 Å². The first kappa shape index (κ1) is 14.1. The summed E-state index contributed by atoms with van der Waals surface area (Å²) < 4.78 is 5.60. The van der Waals surface area contributed by atoms with Crippen LogP contribution in [0.15, 0.2) is 12.1 Å². The van der Waals surface area contributed by atoms with Crippen LogP contribution < -0.4 is 10.6 Å². The fraction of sp³-hybridized carbons (Fsp3) is 0.667. The normalized spacial score (nSPS) is 17.8. The zero-order valence-corrected chi connectivity index (χ0v) is 12.4. The zero-order valence-electron chi connectivity index (χ0n) is 12.4. The van der Waals surface area contributed by atoms with E-state index < -0.39 is 0 Å². The van der Waals surface area contributed by atoms with Crippen LogP contribution in [0, 0.1) is 12.8 Å². The maximum absolute atomic E-state index is 5.82. The third kappa shape index (κ3) is 3.00. The molecule has 0 bridgehead atoms. The van der Waals surface area contributed by atoms with Gasteiger partial charge < -0.3 is 15.4 Å². The Morgan fingerprint density at radius 1 is 1.32 bits per heavy atom. The highest BCUT2D eigenvalue weighted by Crippen LogP contribution is 2.32. The van der Waals surface area contributed by atoms with E-state index in [-0.39, 0.29) is 5.60 Å². The number of hydrogen-bond acceptors (Lipinski definition) is 4. The molecule has 1 aliphatic heterocycles. The minimum absolute atomic E-state index is 0.0312. The van der Waals surface area contributed by atoms with Gasteiger partial charge in [-0.15, -0.1) is 0 Å². The molecule has 0 spiro atoms. The summed E-state index contributed by atoms with van der Waals surface area (Å²) in [6.45, 7) is 8.39. The Labute approximate surface area is 116 Å². The van der Waals surface area contributed by atoms with Gasteiger partial charge in [-0.3, -0.25) is 0 Å². The van der Waals surface area contributed by atoms with Crippen molar-refractivity contribution in [1.82, 2.24) is 4.98 Å². The highest BCUT2D eigenvalue weighted by Gasteiger charge is 2.32. The Bertz CT molecular complexity index is 437. The number of aromatic nitrogens is 1. The Balaban J connectivity index is 2.02. The number of anilines is 2. The Hall–Kier alpha value is -1.29. The van der Waals surface area contributed by atoms with Crippen molar-refractivity contribution >= 4 is 11.5 Å². The van der Waals surface area contributed by atoms with Crippen LogP contribution >= 0.6 is 0 Å². The number of nitrogens with zero attached hydrogens (tertiary/aromatic N) is 2. The topological polar surface area (TPSA) is 51.4 Å². The molecular formula is C15H25N3O. The van der Waals surface area contributed by atoms with Crippen molar-refractivity contribution in [3.8, 4) is 0 Å². The maximum atomic E-state index is 5.82. The largest absolute Gasteiger partial charge is 0.397 e. The van der Waals surface area contributed by atoms with Crippen molar-refractivity contribution in [3.05, 3.63) is 17.8 Å². The van der Waals surface area contributed by atoms with Crippen LogP contribution in [0.5, 0.6) is 0 Å². The highest BCUT2D eigenvalue weighted by atomic mass is 16.5. The number of nitrogens with two attached hydrogens (primary N) is 1. The predicted octanol–water partition coefficient (Wildman–Crippen LogP) is 2.61. The minimum Gasteiger partial charge on any atom is -0.397 e. The van der Waals surface area contributed by atoms with E-state index in [4.69, 9.17) is 10.5 Å². The van der Waals surface area contributed by atoms with Gasteiger partial charge >= 0.3 is 0 Å². The number of rotatable bonds is 3. The van der Waals surface area contributed by atoms with Crippen LogP contribution in [0.2, 0.25) is 0 Å². The standard InChI is InChI=1S/C15H25N3O/c1-11-13(16)5-6-14(17-11)18-9-7-12(8-10-18)15(2,3)19-4/h5-6,12H,7-10,16H2,1-4H3. The summed E-state index contributed by atoms with van der Waals surface area (Å²) in [6.07, 6.45) is 2.29. The van der Waals surface area contributed by atoms with E-state index in [0.717, 1.165) is 43.1 Å². The van der Waals surface area contributed by atoms with Crippen LogP contribution in [0.1, 0.15) is 32.4 Å². The summed E-state index contributed by atoms with van der Waals surface area (Å²) in [5.74, 6) is 1.66. The molecule has 0 aromatic carbocycles. The van der Waals surface area contributed by atoms with Gasteiger partial charge in [0.15, 0.2) is 0 Å². The number of aryl methyl sites for hydroxylation is 1. The van der Waals surface area contributed by atoms with Crippen molar-refractivity contribution in [2.75, 3.05) is 30.8 Å². The van der Waals surface area contributed by atoms with Gasteiger partial charge in [-0.1, -0.05) is 0 Å². The molecule has 2 heterocycles. The molecular weight excluding hydrogens is 238 g/mol. The zero-order chi connectivity index (χ0) is 14.0. The Morgan fingerprint density at radius 2 is 1.95 bits per heavy atom. The predicted molar refractivity (Wildman–Crippen MR) is 79.4 cm³/mol. The summed E-state index contributed by atoms with van der Waals surface area (Å²) in [5, 5.41) is 0. The van der Waals surface area contributed by atoms with Gasteiger partial charge in [0.25, 0.3) is 0 Å². The molecule has 1 aliphatic rings. The molecule has 19 heavy (non-hydrogen) atoms. The molecule has 0 unspecified atom stereocenters. The van der Waals surface area contributed by atoms with E-state index in [2.05, 4.69) is 23.7 Å². The summed E-state index contributed by atoms with van der Waals surface area (Å²) in [4.78, 5) is 6.92. The van der Waals surface area contributed by atoms with E-state index in [1.54, 1.807) is 7.11 Å². The fourth-order valence-corrected chi connectivity index (χ4v) is 2.71. The van der Waals surface area contributed by atoms with Crippen molar-refractivity contribution in [2.45, 2.75) is 39.2 Å². The number of hydrogen-bond donors (Lipinski definition) is 1. The van der Waals surface area contributed by atoms with Crippen LogP contribution in [0.3, 0.4) is 0 Å². The molecule has 1 fully saturated rings. The number of nitrogen functional groups attached to an aromatic ring is 1. The lowest BCUT2D eigenvalue weighted by atomic mass is 9.83. The van der Waals surface area contributed by atoms with Gasteiger partial charge in [0, 0.05) is 20.2 Å². The lowest BCUT2D eigenvalue weighted by molar-refractivity contribution is -0.0357. The minimum atomic E-state index is -0.0312. The monoisotopic (exact) mass is 263 g/mol. The second kappa shape index (κ2) is 5.37. The number of pyridine rings is 1. The van der Waals surface area contributed by atoms with Gasteiger partial charge in [-0.05, 0) is 51.7 Å². The van der Waals surface area contributed by atoms with Crippen LogP contribution in [-0.4, -0.2) is 30.8 Å². The van der Waals surface area contributed by atoms with Gasteiger partial charge in [0.2, 0.25) is 0 Å². The lowest BCUT2D eigenvalue weighted by Crippen LogP contribution is -2.43. The van der Waals surface area contributed by atoms with E-state index in [1.807, 2.05) is 19.1 Å². The second-order valence-electron chi connectivity index (χ2n) is 5.91. The first-order valence-electron chi connectivity index (χ1n) is 6.97. The van der Waals surface area contributed by atoms with Crippen molar-refractivity contribution in [2.24, 2.45) is 5.92 Å². The summed E-state index contributed by atoms with van der Waals surface area (Å²) in [5.41, 5.74) is 7.46. The Kier molecular flexibility index (Phi) is 3.99. The van der Waals surface area contributed by atoms with Crippen LogP contribution in [0.4, 0.5) is 11.5 Å². The van der Waals surface area contributed by atoms with Crippen molar-refractivity contribution in [1.29, 1.82) is 0 Å². The average Bonchev–Trinajstić information content (AvgIpc) is 2.42. The van der Waals surface area contributed by atoms with E-state index in [9.17, 15) is 0 Å². The van der Waals surface area contributed by atoms with Gasteiger partial charge in [0.05, 0.1) is 17.0 Å². The molecule has 106 valence electrons. The smallest absolute Gasteiger partial charge is 0.128 e. The van der Waals surface area contributed by atoms with Crippen LogP contribution in [0.25, 0.3) is 0 Å².